The predicted molar refractivity (Wildman–Crippen MR) is 98.4 cm³/mol. The number of anilines is 1. The van der Waals surface area contributed by atoms with Crippen molar-refractivity contribution in [2.45, 2.75) is 26.2 Å². The lowest BCUT2D eigenvalue weighted by Gasteiger charge is -2.09. The smallest absolute Gasteiger partial charge is 0.267 e. The summed E-state index contributed by atoms with van der Waals surface area (Å²) in [6, 6.07) is 14.7. The highest BCUT2D eigenvalue weighted by Gasteiger charge is 2.10. The third-order valence-corrected chi connectivity index (χ3v) is 3.76. The van der Waals surface area contributed by atoms with E-state index in [4.69, 9.17) is 5.21 Å². The highest BCUT2D eigenvalue weighted by molar-refractivity contribution is 6.07. The van der Waals surface area contributed by atoms with E-state index in [1.54, 1.807) is 24.3 Å². The molecule has 0 unspecified atom stereocenters. The molecule has 0 saturated carbocycles. The van der Waals surface area contributed by atoms with Crippen LogP contribution in [0.1, 0.15) is 41.3 Å². The fourth-order valence-electron chi connectivity index (χ4n) is 2.39. The zero-order chi connectivity index (χ0) is 18.1. The maximum absolute atomic E-state index is 12.5. The van der Waals surface area contributed by atoms with Gasteiger partial charge in [-0.3, -0.25) is 14.8 Å². The fourth-order valence-corrected chi connectivity index (χ4v) is 2.39. The Bertz CT molecular complexity index is 752. The van der Waals surface area contributed by atoms with E-state index >= 15 is 0 Å². The summed E-state index contributed by atoms with van der Waals surface area (Å²) < 4.78 is 0. The van der Waals surface area contributed by atoms with E-state index in [0.717, 1.165) is 31.0 Å². The molecule has 5 nitrogen and oxygen atoms in total. The molecule has 0 spiro atoms. The first-order chi connectivity index (χ1) is 12.1. The summed E-state index contributed by atoms with van der Waals surface area (Å²) in [5.41, 5.74) is 4.52. The molecule has 0 aromatic heterocycles. The summed E-state index contributed by atoms with van der Waals surface area (Å²) >= 11 is 0. The molecule has 2 rings (SSSR count). The lowest BCUT2D eigenvalue weighted by molar-refractivity contribution is -0.124. The molecule has 25 heavy (non-hydrogen) atoms. The average molecular weight is 338 g/mol. The van der Waals surface area contributed by atoms with Gasteiger partial charge in [0.05, 0.1) is 0 Å². The second-order valence-corrected chi connectivity index (χ2v) is 5.65. The van der Waals surface area contributed by atoms with Crippen molar-refractivity contribution in [3.63, 3.8) is 0 Å². The number of benzene rings is 2. The number of amides is 2. The van der Waals surface area contributed by atoms with Gasteiger partial charge in [-0.15, -0.1) is 0 Å². The van der Waals surface area contributed by atoms with Gasteiger partial charge in [-0.2, -0.15) is 0 Å². The minimum Gasteiger partial charge on any atom is -0.322 e. The van der Waals surface area contributed by atoms with Crippen LogP contribution in [-0.4, -0.2) is 17.0 Å². The average Bonchev–Trinajstić information content (AvgIpc) is 2.65. The van der Waals surface area contributed by atoms with Crippen LogP contribution in [0.2, 0.25) is 0 Å². The lowest BCUT2D eigenvalue weighted by Crippen LogP contribution is -2.15. The summed E-state index contributed by atoms with van der Waals surface area (Å²) in [6.45, 7) is 2.16. The van der Waals surface area contributed by atoms with Gasteiger partial charge in [-0.1, -0.05) is 43.7 Å². The van der Waals surface area contributed by atoms with Gasteiger partial charge in [0, 0.05) is 17.3 Å². The molecule has 2 aromatic carbocycles. The van der Waals surface area contributed by atoms with Gasteiger partial charge >= 0.3 is 0 Å². The number of carbonyl (C=O) groups excluding carboxylic acids is 2. The molecule has 2 aromatic rings. The molecule has 0 aliphatic rings. The van der Waals surface area contributed by atoms with Crippen LogP contribution in [0.5, 0.6) is 0 Å². The van der Waals surface area contributed by atoms with Gasteiger partial charge in [0.2, 0.25) is 0 Å². The van der Waals surface area contributed by atoms with Crippen LogP contribution in [0.3, 0.4) is 0 Å². The number of carbonyl (C=O) groups is 2. The minimum absolute atomic E-state index is 0.258. The lowest BCUT2D eigenvalue weighted by atomic mass is 10.1. The molecule has 0 aliphatic heterocycles. The molecule has 0 heterocycles. The first-order valence-electron chi connectivity index (χ1n) is 8.25. The zero-order valence-electron chi connectivity index (χ0n) is 14.2. The van der Waals surface area contributed by atoms with Gasteiger partial charge in [-0.05, 0) is 48.2 Å². The molecule has 2 amide bonds. The SMILES string of the molecule is CCCCc1ccc(NC(=O)c2ccccc2C=CC(=O)NO)cc1. The molecular weight excluding hydrogens is 316 g/mol. The Morgan fingerprint density at radius 2 is 1.80 bits per heavy atom. The number of rotatable bonds is 7. The standard InChI is InChI=1S/C20H22N2O3/c1-2-3-6-15-9-12-17(13-10-15)21-20(24)18-8-5-4-7-16(18)11-14-19(23)22-25/h4-5,7-14,25H,2-3,6H2,1H3,(H,21,24)(H,22,23). The molecular formula is C20H22N2O3. The van der Waals surface area contributed by atoms with Crippen molar-refractivity contribution in [2.24, 2.45) is 0 Å². The van der Waals surface area contributed by atoms with Gasteiger partial charge in [0.25, 0.3) is 11.8 Å². The van der Waals surface area contributed by atoms with Crippen LogP contribution < -0.4 is 10.8 Å². The van der Waals surface area contributed by atoms with E-state index in [9.17, 15) is 9.59 Å². The number of hydroxylamine groups is 1. The van der Waals surface area contributed by atoms with E-state index in [1.807, 2.05) is 24.3 Å². The third kappa shape index (κ3) is 5.58. The molecule has 0 aliphatic carbocycles. The Hall–Kier alpha value is -2.92. The Kier molecular flexibility index (Phi) is 6.92. The topological polar surface area (TPSA) is 78.4 Å². The Balaban J connectivity index is 2.10. The van der Waals surface area contributed by atoms with Crippen molar-refractivity contribution in [1.82, 2.24) is 5.48 Å². The van der Waals surface area contributed by atoms with E-state index < -0.39 is 5.91 Å². The second-order valence-electron chi connectivity index (χ2n) is 5.65. The van der Waals surface area contributed by atoms with Crippen molar-refractivity contribution in [3.05, 3.63) is 71.3 Å². The minimum atomic E-state index is -0.655. The molecule has 0 bridgehead atoms. The summed E-state index contributed by atoms with van der Waals surface area (Å²) in [6.07, 6.45) is 5.97. The highest BCUT2D eigenvalue weighted by atomic mass is 16.5. The van der Waals surface area contributed by atoms with Gasteiger partial charge in [-0.25, -0.2) is 5.48 Å². The first-order valence-corrected chi connectivity index (χ1v) is 8.25. The normalized spacial score (nSPS) is 10.6. The molecule has 0 fully saturated rings. The third-order valence-electron chi connectivity index (χ3n) is 3.76. The van der Waals surface area contributed by atoms with Gasteiger partial charge < -0.3 is 5.32 Å². The Labute approximate surface area is 147 Å². The molecule has 0 atom stereocenters. The molecule has 0 saturated heterocycles. The van der Waals surface area contributed by atoms with Gasteiger partial charge in [0.15, 0.2) is 0 Å². The Morgan fingerprint density at radius 1 is 1.08 bits per heavy atom. The van der Waals surface area contributed by atoms with Crippen LogP contribution in [0.25, 0.3) is 6.08 Å². The van der Waals surface area contributed by atoms with Crippen molar-refractivity contribution in [3.8, 4) is 0 Å². The molecule has 130 valence electrons. The number of unbranched alkanes of at least 4 members (excludes halogenated alkanes) is 1. The van der Waals surface area contributed by atoms with Crippen LogP contribution in [0.15, 0.2) is 54.6 Å². The van der Waals surface area contributed by atoms with Crippen LogP contribution >= 0.6 is 0 Å². The highest BCUT2D eigenvalue weighted by Crippen LogP contribution is 2.16. The largest absolute Gasteiger partial charge is 0.322 e. The first kappa shape index (κ1) is 18.4. The van der Waals surface area contributed by atoms with Crippen molar-refractivity contribution >= 4 is 23.6 Å². The zero-order valence-corrected chi connectivity index (χ0v) is 14.2. The van der Waals surface area contributed by atoms with E-state index in [2.05, 4.69) is 12.2 Å². The summed E-state index contributed by atoms with van der Waals surface area (Å²) in [5, 5.41) is 11.4. The van der Waals surface area contributed by atoms with Gasteiger partial charge in [0.1, 0.15) is 0 Å². The maximum Gasteiger partial charge on any atom is 0.267 e. The molecule has 5 heteroatoms. The predicted octanol–water partition coefficient (Wildman–Crippen LogP) is 3.80. The summed E-state index contributed by atoms with van der Waals surface area (Å²) in [4.78, 5) is 23.6. The number of hydrogen-bond acceptors (Lipinski definition) is 3. The fraction of sp³-hybridized carbons (Fsp3) is 0.200. The van der Waals surface area contributed by atoms with E-state index in [1.165, 1.54) is 17.1 Å². The monoisotopic (exact) mass is 338 g/mol. The summed E-state index contributed by atoms with van der Waals surface area (Å²) in [5.74, 6) is -0.913. The van der Waals surface area contributed by atoms with Crippen LogP contribution in [-0.2, 0) is 11.2 Å². The summed E-state index contributed by atoms with van der Waals surface area (Å²) in [7, 11) is 0. The van der Waals surface area contributed by atoms with Crippen molar-refractivity contribution < 1.29 is 14.8 Å². The van der Waals surface area contributed by atoms with Crippen molar-refractivity contribution in [1.29, 1.82) is 0 Å². The van der Waals surface area contributed by atoms with Crippen LogP contribution in [0.4, 0.5) is 5.69 Å². The quantitative estimate of drug-likeness (QED) is 0.408. The van der Waals surface area contributed by atoms with E-state index in [-0.39, 0.29) is 5.91 Å². The second kappa shape index (κ2) is 9.39. The number of nitrogens with one attached hydrogen (secondary N) is 2. The van der Waals surface area contributed by atoms with Crippen LogP contribution in [0, 0.1) is 0 Å². The Morgan fingerprint density at radius 3 is 2.48 bits per heavy atom. The maximum atomic E-state index is 12.5. The number of hydrogen-bond donors (Lipinski definition) is 3. The van der Waals surface area contributed by atoms with Crippen molar-refractivity contribution in [2.75, 3.05) is 5.32 Å². The molecule has 0 radical (unpaired) electrons. The van der Waals surface area contributed by atoms with E-state index in [0.29, 0.717) is 11.1 Å². The number of aryl methyl sites for hydroxylation is 1. The molecule has 3 N–H and O–H groups in total.